The van der Waals surface area contributed by atoms with E-state index in [-0.39, 0.29) is 17.3 Å². The fourth-order valence-corrected chi connectivity index (χ4v) is 1.78. The predicted octanol–water partition coefficient (Wildman–Crippen LogP) is 2.82. The first-order chi connectivity index (χ1) is 9.88. The van der Waals surface area contributed by atoms with Gasteiger partial charge in [0.05, 0.1) is 18.4 Å². The van der Waals surface area contributed by atoms with E-state index in [1.807, 2.05) is 13.8 Å². The Morgan fingerprint density at radius 1 is 1.43 bits per heavy atom. The lowest BCUT2D eigenvalue weighted by atomic mass is 10.1. The SMILES string of the molecule is C=C(C)CN(CC)C(=O)Nc1ccc(OC)cc1C(=O)O. The Balaban J connectivity index is 2.98. The number of ether oxygens (including phenoxy) is 1. The first-order valence-corrected chi connectivity index (χ1v) is 6.50. The van der Waals surface area contributed by atoms with Crippen LogP contribution >= 0.6 is 0 Å². The van der Waals surface area contributed by atoms with Crippen LogP contribution in [-0.4, -0.2) is 42.2 Å². The van der Waals surface area contributed by atoms with Gasteiger partial charge in [-0.15, -0.1) is 0 Å². The number of rotatable bonds is 6. The summed E-state index contributed by atoms with van der Waals surface area (Å²) in [7, 11) is 1.45. The van der Waals surface area contributed by atoms with Crippen LogP contribution in [0.1, 0.15) is 24.2 Å². The van der Waals surface area contributed by atoms with Crippen molar-refractivity contribution < 1.29 is 19.4 Å². The summed E-state index contributed by atoms with van der Waals surface area (Å²) in [5, 5.41) is 11.8. The highest BCUT2D eigenvalue weighted by Crippen LogP contribution is 2.22. The number of carboxylic acid groups (broad SMARTS) is 1. The van der Waals surface area contributed by atoms with Crippen molar-refractivity contribution in [3.63, 3.8) is 0 Å². The summed E-state index contributed by atoms with van der Waals surface area (Å²) in [4.78, 5) is 25.0. The molecule has 0 fully saturated rings. The van der Waals surface area contributed by atoms with Crippen LogP contribution in [0.5, 0.6) is 5.75 Å². The van der Waals surface area contributed by atoms with Crippen LogP contribution in [0.4, 0.5) is 10.5 Å². The van der Waals surface area contributed by atoms with Gasteiger partial charge in [0.1, 0.15) is 5.75 Å². The molecule has 2 amide bonds. The summed E-state index contributed by atoms with van der Waals surface area (Å²) in [5.74, 6) is -0.716. The predicted molar refractivity (Wildman–Crippen MR) is 81.0 cm³/mol. The molecule has 0 unspecified atom stereocenters. The van der Waals surface area contributed by atoms with Gasteiger partial charge in [0, 0.05) is 13.1 Å². The Hall–Kier alpha value is -2.50. The molecule has 0 aliphatic rings. The van der Waals surface area contributed by atoms with Crippen LogP contribution in [0.2, 0.25) is 0 Å². The van der Waals surface area contributed by atoms with Gasteiger partial charge in [-0.3, -0.25) is 0 Å². The molecule has 0 radical (unpaired) electrons. The zero-order chi connectivity index (χ0) is 16.0. The van der Waals surface area contributed by atoms with Gasteiger partial charge >= 0.3 is 12.0 Å². The molecule has 0 aromatic heterocycles. The van der Waals surface area contributed by atoms with Crippen LogP contribution in [0.15, 0.2) is 30.4 Å². The Labute approximate surface area is 124 Å². The number of hydrogen-bond donors (Lipinski definition) is 2. The number of carbonyl (C=O) groups excluding carboxylic acids is 1. The third-order valence-corrected chi connectivity index (χ3v) is 2.83. The topological polar surface area (TPSA) is 78.9 Å². The van der Waals surface area contributed by atoms with Crippen molar-refractivity contribution in [1.29, 1.82) is 0 Å². The molecule has 0 saturated heterocycles. The van der Waals surface area contributed by atoms with Crippen molar-refractivity contribution in [3.05, 3.63) is 35.9 Å². The number of carboxylic acids is 1. The summed E-state index contributed by atoms with van der Waals surface area (Å²) in [6.45, 7) is 8.35. The summed E-state index contributed by atoms with van der Waals surface area (Å²) in [6.07, 6.45) is 0. The fraction of sp³-hybridized carbons (Fsp3) is 0.333. The first-order valence-electron chi connectivity index (χ1n) is 6.50. The highest BCUT2D eigenvalue weighted by Gasteiger charge is 2.17. The molecule has 0 heterocycles. The molecular formula is C15H20N2O4. The average molecular weight is 292 g/mol. The average Bonchev–Trinajstić information content (AvgIpc) is 2.44. The fourth-order valence-electron chi connectivity index (χ4n) is 1.78. The largest absolute Gasteiger partial charge is 0.497 e. The van der Waals surface area contributed by atoms with E-state index in [2.05, 4.69) is 11.9 Å². The number of likely N-dealkylation sites (N-methyl/N-ethyl adjacent to an activating group) is 1. The molecule has 1 rings (SSSR count). The second kappa shape index (κ2) is 7.33. The molecule has 2 N–H and O–H groups in total. The van der Waals surface area contributed by atoms with E-state index in [0.29, 0.717) is 18.8 Å². The standard InChI is InChI=1S/C15H20N2O4/c1-5-17(9-10(2)3)15(20)16-13-7-6-11(21-4)8-12(13)14(18)19/h6-8H,2,5,9H2,1,3-4H3,(H,16,20)(H,18,19). The minimum Gasteiger partial charge on any atom is -0.497 e. The number of nitrogens with one attached hydrogen (secondary N) is 1. The van der Waals surface area contributed by atoms with Crippen LogP contribution in [0.25, 0.3) is 0 Å². The van der Waals surface area contributed by atoms with Gasteiger partial charge in [-0.25, -0.2) is 9.59 Å². The molecular weight excluding hydrogens is 272 g/mol. The normalized spacial score (nSPS) is 9.86. The van der Waals surface area contributed by atoms with Crippen LogP contribution in [-0.2, 0) is 0 Å². The molecule has 1 aromatic rings. The lowest BCUT2D eigenvalue weighted by Gasteiger charge is -2.22. The van der Waals surface area contributed by atoms with Crippen molar-refractivity contribution in [2.24, 2.45) is 0 Å². The van der Waals surface area contributed by atoms with Gasteiger partial charge in [-0.2, -0.15) is 0 Å². The maximum atomic E-state index is 12.2. The lowest BCUT2D eigenvalue weighted by molar-refractivity contribution is 0.0697. The molecule has 6 nitrogen and oxygen atoms in total. The zero-order valence-corrected chi connectivity index (χ0v) is 12.5. The van der Waals surface area contributed by atoms with Crippen molar-refractivity contribution in [2.75, 3.05) is 25.5 Å². The quantitative estimate of drug-likeness (QED) is 0.790. The number of urea groups is 1. The molecule has 1 aromatic carbocycles. The zero-order valence-electron chi connectivity index (χ0n) is 12.5. The number of hydrogen-bond acceptors (Lipinski definition) is 3. The number of amides is 2. The Kier molecular flexibility index (Phi) is 5.78. The first kappa shape index (κ1) is 16.6. The van der Waals surface area contributed by atoms with E-state index < -0.39 is 5.97 Å². The highest BCUT2D eigenvalue weighted by atomic mass is 16.5. The van der Waals surface area contributed by atoms with Crippen LogP contribution in [0, 0.1) is 0 Å². The lowest BCUT2D eigenvalue weighted by Crippen LogP contribution is -2.36. The van der Waals surface area contributed by atoms with E-state index >= 15 is 0 Å². The Morgan fingerprint density at radius 2 is 2.10 bits per heavy atom. The van der Waals surface area contributed by atoms with Gasteiger partial charge < -0.3 is 20.1 Å². The molecule has 21 heavy (non-hydrogen) atoms. The number of methoxy groups -OCH3 is 1. The summed E-state index contributed by atoms with van der Waals surface area (Å²) < 4.78 is 4.99. The second-order valence-corrected chi connectivity index (χ2v) is 4.62. The number of aromatic carboxylic acids is 1. The van der Waals surface area contributed by atoms with E-state index in [4.69, 9.17) is 4.74 Å². The number of nitrogens with zero attached hydrogens (tertiary/aromatic N) is 1. The maximum Gasteiger partial charge on any atom is 0.337 e. The van der Waals surface area contributed by atoms with E-state index in [9.17, 15) is 14.7 Å². The van der Waals surface area contributed by atoms with Gasteiger partial charge in [0.15, 0.2) is 0 Å². The molecule has 0 spiro atoms. The molecule has 6 heteroatoms. The maximum absolute atomic E-state index is 12.2. The van der Waals surface area contributed by atoms with Gasteiger partial charge in [-0.05, 0) is 32.0 Å². The third kappa shape index (κ3) is 4.52. The van der Waals surface area contributed by atoms with E-state index in [1.165, 1.54) is 24.1 Å². The molecule has 0 aliphatic heterocycles. The molecule has 0 atom stereocenters. The van der Waals surface area contributed by atoms with Crippen molar-refractivity contribution >= 4 is 17.7 Å². The van der Waals surface area contributed by atoms with E-state index in [1.54, 1.807) is 6.07 Å². The summed E-state index contributed by atoms with van der Waals surface area (Å²) >= 11 is 0. The van der Waals surface area contributed by atoms with Crippen LogP contribution < -0.4 is 10.1 Å². The third-order valence-electron chi connectivity index (χ3n) is 2.83. The van der Waals surface area contributed by atoms with Crippen molar-refractivity contribution in [2.45, 2.75) is 13.8 Å². The molecule has 0 saturated carbocycles. The molecule has 0 bridgehead atoms. The number of carbonyl (C=O) groups is 2. The second-order valence-electron chi connectivity index (χ2n) is 4.62. The summed E-state index contributed by atoms with van der Waals surface area (Å²) in [6, 6.07) is 4.10. The Morgan fingerprint density at radius 3 is 2.57 bits per heavy atom. The van der Waals surface area contributed by atoms with E-state index in [0.717, 1.165) is 5.57 Å². The minimum absolute atomic E-state index is 0.0194. The highest BCUT2D eigenvalue weighted by molar-refractivity contribution is 6.00. The van der Waals surface area contributed by atoms with Gasteiger partial charge in [0.2, 0.25) is 0 Å². The van der Waals surface area contributed by atoms with Crippen molar-refractivity contribution in [3.8, 4) is 5.75 Å². The van der Waals surface area contributed by atoms with Crippen molar-refractivity contribution in [1.82, 2.24) is 4.90 Å². The Bertz CT molecular complexity index is 555. The van der Waals surface area contributed by atoms with Crippen LogP contribution in [0.3, 0.4) is 0 Å². The van der Waals surface area contributed by atoms with Gasteiger partial charge in [-0.1, -0.05) is 12.2 Å². The monoisotopic (exact) mass is 292 g/mol. The minimum atomic E-state index is -1.13. The summed E-state index contributed by atoms with van der Waals surface area (Å²) in [5.41, 5.74) is 1.06. The molecule has 114 valence electrons. The smallest absolute Gasteiger partial charge is 0.337 e. The number of anilines is 1. The number of benzene rings is 1. The molecule has 0 aliphatic carbocycles. The van der Waals surface area contributed by atoms with Gasteiger partial charge in [0.25, 0.3) is 0 Å².